The van der Waals surface area contributed by atoms with Crippen molar-refractivity contribution in [3.05, 3.63) is 65.2 Å². The van der Waals surface area contributed by atoms with Crippen LogP contribution in [0, 0.1) is 6.92 Å². The molecule has 0 aliphatic heterocycles. The maximum Gasteiger partial charge on any atom is 0.210 e. The SMILES string of the molecule is CCc1ccc(C(=O)[C@@H](C)Sc2nnc(Nc3ccccc3C)s2)cc1. The van der Waals surface area contributed by atoms with Gasteiger partial charge in [0.2, 0.25) is 5.13 Å². The highest BCUT2D eigenvalue weighted by molar-refractivity contribution is 8.02. The van der Waals surface area contributed by atoms with E-state index in [0.717, 1.165) is 32.7 Å². The van der Waals surface area contributed by atoms with E-state index in [1.165, 1.54) is 28.7 Å². The Kier molecular flexibility index (Phi) is 6.06. The van der Waals surface area contributed by atoms with Crippen LogP contribution in [0.4, 0.5) is 10.8 Å². The lowest BCUT2D eigenvalue weighted by molar-refractivity contribution is 0.0994. The van der Waals surface area contributed by atoms with Crippen LogP contribution in [-0.2, 0) is 6.42 Å². The summed E-state index contributed by atoms with van der Waals surface area (Å²) in [6.07, 6.45) is 0.972. The van der Waals surface area contributed by atoms with Crippen LogP contribution in [0.2, 0.25) is 0 Å². The number of aryl methyl sites for hydroxylation is 2. The van der Waals surface area contributed by atoms with Crippen molar-refractivity contribution in [1.82, 2.24) is 10.2 Å². The van der Waals surface area contributed by atoms with Crippen LogP contribution in [0.1, 0.15) is 35.3 Å². The number of hydrogen-bond donors (Lipinski definition) is 1. The van der Waals surface area contributed by atoms with E-state index >= 15 is 0 Å². The zero-order valence-corrected chi connectivity index (χ0v) is 16.7. The predicted molar refractivity (Wildman–Crippen MR) is 110 cm³/mol. The van der Waals surface area contributed by atoms with Crippen LogP contribution < -0.4 is 5.32 Å². The minimum absolute atomic E-state index is 0.112. The third kappa shape index (κ3) is 4.51. The first-order valence-corrected chi connectivity index (χ1v) is 10.2. The Bertz CT molecular complexity index is 890. The van der Waals surface area contributed by atoms with Crippen molar-refractivity contribution in [3.63, 3.8) is 0 Å². The number of nitrogens with one attached hydrogen (secondary N) is 1. The lowest BCUT2D eigenvalue weighted by Crippen LogP contribution is -2.13. The summed E-state index contributed by atoms with van der Waals surface area (Å²) >= 11 is 2.91. The molecule has 2 aromatic carbocycles. The number of Topliss-reactive ketones (excluding diaryl/α,β-unsaturated/α-hetero) is 1. The first-order chi connectivity index (χ1) is 12.6. The zero-order chi connectivity index (χ0) is 18.5. The van der Waals surface area contributed by atoms with Crippen molar-refractivity contribution in [2.45, 2.75) is 36.8 Å². The van der Waals surface area contributed by atoms with Gasteiger partial charge < -0.3 is 5.32 Å². The second-order valence-electron chi connectivity index (χ2n) is 5.99. The maximum atomic E-state index is 12.6. The van der Waals surface area contributed by atoms with E-state index in [9.17, 15) is 4.79 Å². The molecule has 1 heterocycles. The summed E-state index contributed by atoms with van der Waals surface area (Å²) < 4.78 is 0.784. The number of thioether (sulfide) groups is 1. The molecule has 0 aliphatic carbocycles. The van der Waals surface area contributed by atoms with Crippen molar-refractivity contribution in [2.24, 2.45) is 0 Å². The molecule has 1 atom stereocenters. The summed E-state index contributed by atoms with van der Waals surface area (Å²) in [6, 6.07) is 15.9. The largest absolute Gasteiger partial charge is 0.330 e. The summed E-state index contributed by atoms with van der Waals surface area (Å²) in [7, 11) is 0. The summed E-state index contributed by atoms with van der Waals surface area (Å²) in [5, 5.41) is 12.2. The van der Waals surface area contributed by atoms with E-state index in [0.29, 0.717) is 0 Å². The average Bonchev–Trinajstić information content (AvgIpc) is 3.10. The smallest absolute Gasteiger partial charge is 0.210 e. The molecule has 26 heavy (non-hydrogen) atoms. The molecule has 134 valence electrons. The molecule has 1 aromatic heterocycles. The summed E-state index contributed by atoms with van der Waals surface area (Å²) in [6.45, 7) is 6.06. The Morgan fingerprint density at radius 3 is 2.58 bits per heavy atom. The standard InChI is InChI=1S/C20H21N3OS2/c1-4-15-9-11-16(12-10-15)18(24)14(3)25-20-23-22-19(26-20)21-17-8-6-5-7-13(17)2/h5-12,14H,4H2,1-3H3,(H,21,22)/t14-/m1/s1. The normalized spacial score (nSPS) is 12.0. The van der Waals surface area contributed by atoms with Crippen LogP contribution in [0.15, 0.2) is 52.9 Å². The Morgan fingerprint density at radius 1 is 1.15 bits per heavy atom. The molecule has 3 aromatic rings. The zero-order valence-electron chi connectivity index (χ0n) is 15.0. The highest BCUT2D eigenvalue weighted by Gasteiger charge is 2.19. The first-order valence-electron chi connectivity index (χ1n) is 8.52. The van der Waals surface area contributed by atoms with Crippen molar-refractivity contribution in [2.75, 3.05) is 5.32 Å². The Labute approximate surface area is 162 Å². The number of benzene rings is 2. The van der Waals surface area contributed by atoms with E-state index in [-0.39, 0.29) is 11.0 Å². The Hall–Kier alpha value is -2.18. The molecule has 1 N–H and O–H groups in total. The number of para-hydroxylation sites is 1. The van der Waals surface area contributed by atoms with Gasteiger partial charge in [0, 0.05) is 11.3 Å². The lowest BCUT2D eigenvalue weighted by Gasteiger charge is -2.08. The van der Waals surface area contributed by atoms with Gasteiger partial charge >= 0.3 is 0 Å². The van der Waals surface area contributed by atoms with E-state index in [1.807, 2.05) is 62.4 Å². The molecule has 0 saturated carbocycles. The van der Waals surface area contributed by atoms with Crippen LogP contribution in [0.25, 0.3) is 0 Å². The number of nitrogens with zero attached hydrogens (tertiary/aromatic N) is 2. The molecular formula is C20H21N3OS2. The van der Waals surface area contributed by atoms with Crippen LogP contribution in [0.5, 0.6) is 0 Å². The number of rotatable bonds is 7. The lowest BCUT2D eigenvalue weighted by atomic mass is 10.1. The van der Waals surface area contributed by atoms with Gasteiger partial charge in [0.15, 0.2) is 10.1 Å². The van der Waals surface area contributed by atoms with Gasteiger partial charge in [-0.15, -0.1) is 10.2 Å². The fourth-order valence-corrected chi connectivity index (χ4v) is 4.47. The number of ketones is 1. The molecule has 0 radical (unpaired) electrons. The van der Waals surface area contributed by atoms with Crippen LogP contribution >= 0.6 is 23.1 Å². The number of carbonyl (C=O) groups excluding carboxylic acids is 1. The molecular weight excluding hydrogens is 362 g/mol. The number of hydrogen-bond acceptors (Lipinski definition) is 6. The predicted octanol–water partition coefficient (Wildman–Crippen LogP) is 5.52. The van der Waals surface area contributed by atoms with Crippen molar-refractivity contribution in [3.8, 4) is 0 Å². The van der Waals surface area contributed by atoms with Crippen LogP contribution in [-0.4, -0.2) is 21.2 Å². The first kappa shape index (κ1) is 18.6. The van der Waals surface area contributed by atoms with Crippen molar-refractivity contribution >= 4 is 39.7 Å². The van der Waals surface area contributed by atoms with Crippen molar-refractivity contribution in [1.29, 1.82) is 0 Å². The van der Waals surface area contributed by atoms with Gasteiger partial charge in [-0.25, -0.2) is 0 Å². The molecule has 0 unspecified atom stereocenters. The monoisotopic (exact) mass is 383 g/mol. The molecule has 0 spiro atoms. The third-order valence-corrected chi connectivity index (χ3v) is 6.11. The summed E-state index contributed by atoms with van der Waals surface area (Å²) in [5.74, 6) is 0.112. The molecule has 3 rings (SSSR count). The van der Waals surface area contributed by atoms with E-state index in [4.69, 9.17) is 0 Å². The fourth-order valence-electron chi connectivity index (χ4n) is 2.48. The molecule has 0 bridgehead atoms. The second kappa shape index (κ2) is 8.47. The highest BCUT2D eigenvalue weighted by Crippen LogP contribution is 2.32. The highest BCUT2D eigenvalue weighted by atomic mass is 32.2. The van der Waals surface area contributed by atoms with Gasteiger partial charge in [-0.3, -0.25) is 4.79 Å². The minimum atomic E-state index is -0.207. The number of anilines is 2. The van der Waals surface area contributed by atoms with Gasteiger partial charge in [0.1, 0.15) is 0 Å². The maximum absolute atomic E-state index is 12.6. The van der Waals surface area contributed by atoms with E-state index < -0.39 is 0 Å². The van der Waals surface area contributed by atoms with Gasteiger partial charge in [0.05, 0.1) is 5.25 Å². The number of aromatic nitrogens is 2. The number of carbonyl (C=O) groups is 1. The molecule has 6 heteroatoms. The Balaban J connectivity index is 1.64. The van der Waals surface area contributed by atoms with E-state index in [2.05, 4.69) is 22.4 Å². The molecule has 0 aliphatic rings. The van der Waals surface area contributed by atoms with Crippen LogP contribution in [0.3, 0.4) is 0 Å². The minimum Gasteiger partial charge on any atom is -0.330 e. The molecule has 0 saturated heterocycles. The van der Waals surface area contributed by atoms with Crippen molar-refractivity contribution < 1.29 is 4.79 Å². The molecule has 0 fully saturated rings. The van der Waals surface area contributed by atoms with Gasteiger partial charge in [-0.05, 0) is 37.5 Å². The van der Waals surface area contributed by atoms with Gasteiger partial charge in [-0.2, -0.15) is 0 Å². The topological polar surface area (TPSA) is 54.9 Å². The second-order valence-corrected chi connectivity index (χ2v) is 8.55. The summed E-state index contributed by atoms with van der Waals surface area (Å²) in [4.78, 5) is 12.6. The summed E-state index contributed by atoms with van der Waals surface area (Å²) in [5.41, 5.74) is 4.14. The molecule has 0 amide bonds. The average molecular weight is 384 g/mol. The molecule has 4 nitrogen and oxygen atoms in total. The van der Waals surface area contributed by atoms with Gasteiger partial charge in [-0.1, -0.05) is 72.5 Å². The third-order valence-electron chi connectivity index (χ3n) is 4.09. The van der Waals surface area contributed by atoms with Gasteiger partial charge in [0.25, 0.3) is 0 Å². The van der Waals surface area contributed by atoms with E-state index in [1.54, 1.807) is 0 Å². The fraction of sp³-hybridized carbons (Fsp3) is 0.250. The Morgan fingerprint density at radius 2 is 1.88 bits per heavy atom. The quantitative estimate of drug-likeness (QED) is 0.430.